The molecule has 0 amide bonds. The quantitative estimate of drug-likeness (QED) is 0.276. The Balaban J connectivity index is 2.36. The van der Waals surface area contributed by atoms with Crippen LogP contribution < -0.4 is 4.74 Å². The molecule has 0 N–H and O–H groups in total. The van der Waals surface area contributed by atoms with Crippen LogP contribution in [0.4, 0.5) is 22.0 Å². The van der Waals surface area contributed by atoms with Crippen molar-refractivity contribution in [2.75, 3.05) is 6.61 Å². The fourth-order valence-corrected chi connectivity index (χ4v) is 2.84. The first-order valence-electron chi connectivity index (χ1n) is 9.03. The number of ether oxygens (including phenoxy) is 3. The highest BCUT2D eigenvalue weighted by Crippen LogP contribution is 2.39. The zero-order valence-electron chi connectivity index (χ0n) is 15.6. The number of hydrogen-bond donors (Lipinski definition) is 0. The molecule has 0 saturated heterocycles. The largest absolute Gasteiger partial charge is 0.468 e. The minimum Gasteiger partial charge on any atom is -0.421 e. The number of benzene rings is 1. The smallest absolute Gasteiger partial charge is 0.421 e. The molecule has 1 aromatic rings. The molecule has 0 aliphatic heterocycles. The first-order chi connectivity index (χ1) is 13.4. The molecule has 29 heavy (non-hydrogen) atoms. The summed E-state index contributed by atoms with van der Waals surface area (Å²) in [6.07, 6.45) is -3.12. The minimum absolute atomic E-state index is 0.268. The molecule has 5 nitrogen and oxygen atoms in total. The fourth-order valence-electron chi connectivity index (χ4n) is 2.84. The summed E-state index contributed by atoms with van der Waals surface area (Å²) in [7, 11) is 0. The van der Waals surface area contributed by atoms with Crippen LogP contribution in [0, 0.1) is 5.92 Å². The predicted molar refractivity (Wildman–Crippen MR) is 90.1 cm³/mol. The summed E-state index contributed by atoms with van der Waals surface area (Å²) in [5.41, 5.74) is 0. The van der Waals surface area contributed by atoms with Gasteiger partial charge in [-0.3, -0.25) is 4.79 Å². The highest BCUT2D eigenvalue weighted by atomic mass is 19.4. The van der Waals surface area contributed by atoms with Crippen molar-refractivity contribution in [3.8, 4) is 5.75 Å². The van der Waals surface area contributed by atoms with Gasteiger partial charge in [-0.1, -0.05) is 37.5 Å². The van der Waals surface area contributed by atoms with Crippen molar-refractivity contribution in [1.82, 2.24) is 0 Å². The standard InChI is InChI=1S/C19H21F5O5/c1-17(20,21)12-27-18(19(22,23)24,16(26)28-14-10-6-3-7-11-14)29-15(25)13-8-4-2-5-9-13/h3,6-7,10-11,13H,2,4-5,8-9,12H2,1H3. The molecule has 1 unspecified atom stereocenters. The third-order valence-electron chi connectivity index (χ3n) is 4.31. The van der Waals surface area contributed by atoms with Crippen LogP contribution >= 0.6 is 0 Å². The van der Waals surface area contributed by atoms with Crippen molar-refractivity contribution in [3.63, 3.8) is 0 Å². The number of para-hydroxylation sites is 1. The fraction of sp³-hybridized carbons (Fsp3) is 0.579. The van der Waals surface area contributed by atoms with Gasteiger partial charge in [0.2, 0.25) is 0 Å². The molecule has 2 rings (SSSR count). The van der Waals surface area contributed by atoms with E-state index in [2.05, 4.69) is 14.2 Å². The van der Waals surface area contributed by atoms with Gasteiger partial charge in [-0.15, -0.1) is 0 Å². The molecule has 0 spiro atoms. The summed E-state index contributed by atoms with van der Waals surface area (Å²) < 4.78 is 81.5. The molecular weight excluding hydrogens is 403 g/mol. The average Bonchev–Trinajstić information content (AvgIpc) is 2.64. The number of hydrogen-bond acceptors (Lipinski definition) is 5. The van der Waals surface area contributed by atoms with Crippen molar-refractivity contribution < 1.29 is 45.8 Å². The van der Waals surface area contributed by atoms with Crippen LogP contribution in [0.3, 0.4) is 0 Å². The molecular formula is C19H21F5O5. The van der Waals surface area contributed by atoms with Crippen LogP contribution in [0.15, 0.2) is 30.3 Å². The third kappa shape index (κ3) is 6.12. The van der Waals surface area contributed by atoms with Crippen molar-refractivity contribution >= 4 is 11.9 Å². The lowest BCUT2D eigenvalue weighted by Gasteiger charge is -2.34. The second-order valence-electron chi connectivity index (χ2n) is 6.93. The molecule has 0 aromatic heterocycles. The Morgan fingerprint density at radius 3 is 2.10 bits per heavy atom. The molecule has 1 aliphatic carbocycles. The van der Waals surface area contributed by atoms with E-state index in [0.717, 1.165) is 6.42 Å². The van der Waals surface area contributed by atoms with Gasteiger partial charge in [-0.05, 0) is 25.0 Å². The Morgan fingerprint density at radius 2 is 1.59 bits per heavy atom. The summed E-state index contributed by atoms with van der Waals surface area (Å²) in [6, 6.07) is 6.64. The summed E-state index contributed by atoms with van der Waals surface area (Å²) in [5, 5.41) is 0. The van der Waals surface area contributed by atoms with Crippen LogP contribution in [0.2, 0.25) is 0 Å². The maximum atomic E-state index is 13.9. The third-order valence-corrected chi connectivity index (χ3v) is 4.31. The summed E-state index contributed by atoms with van der Waals surface area (Å²) in [6.45, 7) is -1.51. The van der Waals surface area contributed by atoms with Gasteiger partial charge in [0, 0.05) is 6.92 Å². The van der Waals surface area contributed by atoms with E-state index in [1.807, 2.05) is 0 Å². The van der Waals surface area contributed by atoms with Crippen molar-refractivity contribution in [2.24, 2.45) is 5.92 Å². The summed E-state index contributed by atoms with van der Waals surface area (Å²) in [4.78, 5) is 24.8. The second-order valence-corrected chi connectivity index (χ2v) is 6.93. The molecule has 0 heterocycles. The van der Waals surface area contributed by atoms with E-state index in [0.29, 0.717) is 19.8 Å². The Morgan fingerprint density at radius 1 is 1.00 bits per heavy atom. The van der Waals surface area contributed by atoms with E-state index >= 15 is 0 Å². The number of carbonyl (C=O) groups is 2. The second kappa shape index (κ2) is 9.06. The number of carbonyl (C=O) groups excluding carboxylic acids is 2. The van der Waals surface area contributed by atoms with Gasteiger partial charge in [-0.2, -0.15) is 13.2 Å². The van der Waals surface area contributed by atoms with Crippen LogP contribution in [0.5, 0.6) is 5.75 Å². The summed E-state index contributed by atoms with van der Waals surface area (Å²) in [5.74, 6) is -12.7. The topological polar surface area (TPSA) is 61.8 Å². The van der Waals surface area contributed by atoms with Crippen molar-refractivity contribution in [2.45, 2.75) is 56.9 Å². The van der Waals surface area contributed by atoms with Gasteiger partial charge >= 0.3 is 23.9 Å². The van der Waals surface area contributed by atoms with Crippen molar-refractivity contribution in [1.29, 1.82) is 0 Å². The Labute approximate surface area is 164 Å². The molecule has 1 aromatic carbocycles. The Hall–Kier alpha value is -2.23. The van der Waals surface area contributed by atoms with E-state index in [1.165, 1.54) is 30.3 Å². The SMILES string of the molecule is CC(F)(F)COC(OC(=O)C1CCCCC1)(C(=O)Oc1ccccc1)C(F)(F)F. The van der Waals surface area contributed by atoms with E-state index in [9.17, 15) is 31.5 Å². The molecule has 1 saturated carbocycles. The van der Waals surface area contributed by atoms with Gasteiger partial charge in [-0.25, -0.2) is 13.6 Å². The van der Waals surface area contributed by atoms with Gasteiger partial charge in [0.25, 0.3) is 5.92 Å². The monoisotopic (exact) mass is 424 g/mol. The lowest BCUT2D eigenvalue weighted by atomic mass is 9.89. The first-order valence-corrected chi connectivity index (χ1v) is 9.03. The van der Waals surface area contributed by atoms with Gasteiger partial charge < -0.3 is 14.2 Å². The maximum Gasteiger partial charge on any atom is 0.468 e. The number of rotatable bonds is 7. The predicted octanol–water partition coefficient (Wildman–Crippen LogP) is 4.65. The molecule has 0 bridgehead atoms. The average molecular weight is 424 g/mol. The number of halogens is 5. The molecule has 0 radical (unpaired) electrons. The zero-order valence-corrected chi connectivity index (χ0v) is 15.6. The molecule has 1 aliphatic rings. The van der Waals surface area contributed by atoms with Crippen LogP contribution in [-0.4, -0.2) is 36.4 Å². The summed E-state index contributed by atoms with van der Waals surface area (Å²) >= 11 is 0. The number of alkyl halides is 5. The van der Waals surface area contributed by atoms with Gasteiger partial charge in [0.1, 0.15) is 12.4 Å². The van der Waals surface area contributed by atoms with Gasteiger partial charge in [0.15, 0.2) is 0 Å². The molecule has 162 valence electrons. The van der Waals surface area contributed by atoms with E-state index in [-0.39, 0.29) is 18.6 Å². The Bertz CT molecular complexity index is 695. The van der Waals surface area contributed by atoms with Crippen LogP contribution in [-0.2, 0) is 19.1 Å². The maximum absolute atomic E-state index is 13.9. The van der Waals surface area contributed by atoms with E-state index in [4.69, 9.17) is 0 Å². The van der Waals surface area contributed by atoms with Crippen LogP contribution in [0.1, 0.15) is 39.0 Å². The molecule has 10 heteroatoms. The first kappa shape index (κ1) is 23.1. The lowest BCUT2D eigenvalue weighted by Crippen LogP contribution is -2.60. The van der Waals surface area contributed by atoms with Crippen molar-refractivity contribution in [3.05, 3.63) is 30.3 Å². The van der Waals surface area contributed by atoms with E-state index in [1.54, 1.807) is 0 Å². The van der Waals surface area contributed by atoms with E-state index < -0.39 is 42.3 Å². The normalized spacial score (nSPS) is 18.0. The van der Waals surface area contributed by atoms with Gasteiger partial charge in [0.05, 0.1) is 5.92 Å². The zero-order chi connectivity index (χ0) is 21.7. The highest BCUT2D eigenvalue weighted by molar-refractivity contribution is 5.85. The molecule has 1 fully saturated rings. The number of esters is 2. The van der Waals surface area contributed by atoms with Crippen LogP contribution in [0.25, 0.3) is 0 Å². The molecule has 1 atom stereocenters. The Kier molecular flexibility index (Phi) is 7.20. The lowest BCUT2D eigenvalue weighted by molar-refractivity contribution is -0.361. The highest BCUT2D eigenvalue weighted by Gasteiger charge is 2.68. The minimum atomic E-state index is -5.66.